The van der Waals surface area contributed by atoms with Gasteiger partial charge in [0.15, 0.2) is 0 Å². The molecule has 0 unspecified atom stereocenters. The van der Waals surface area contributed by atoms with Crippen molar-refractivity contribution < 1.29 is 17.1 Å². The van der Waals surface area contributed by atoms with Gasteiger partial charge in [-0.3, -0.25) is 14.8 Å². The summed E-state index contributed by atoms with van der Waals surface area (Å²) in [6, 6.07) is 24.3. The van der Waals surface area contributed by atoms with Gasteiger partial charge in [0.25, 0.3) is 0 Å². The van der Waals surface area contributed by atoms with Gasteiger partial charge in [0.05, 0.1) is 0 Å². The first kappa shape index (κ1) is 37.6. The first-order valence-electron chi connectivity index (χ1n) is 17.6. The van der Waals surface area contributed by atoms with Crippen molar-refractivity contribution in [3.05, 3.63) is 100 Å². The second-order valence-electron chi connectivity index (χ2n) is 12.7. The topological polar surface area (TPSA) is 91.5 Å². The van der Waals surface area contributed by atoms with E-state index in [1.165, 1.54) is 33.6 Å². The molecule has 0 spiro atoms. The molecule has 0 amide bonds. The predicted octanol–water partition coefficient (Wildman–Crippen LogP) is 1.73. The van der Waals surface area contributed by atoms with Gasteiger partial charge in [0.1, 0.15) is 0 Å². The third kappa shape index (κ3) is 14.8. The van der Waals surface area contributed by atoms with Gasteiger partial charge in [0.2, 0.25) is 0 Å². The molecule has 47 heavy (non-hydrogen) atoms. The van der Waals surface area contributed by atoms with E-state index in [0.29, 0.717) is 0 Å². The minimum atomic E-state index is 0. The zero-order chi connectivity index (χ0) is 31.5. The van der Waals surface area contributed by atoms with Crippen molar-refractivity contribution in [2.45, 2.75) is 39.0 Å². The van der Waals surface area contributed by atoms with Crippen molar-refractivity contribution in [2.24, 2.45) is 0 Å². The molecule has 9 nitrogen and oxygen atoms in total. The summed E-state index contributed by atoms with van der Waals surface area (Å²) in [6.45, 7) is 18.1. The van der Waals surface area contributed by atoms with Crippen LogP contribution in [0.15, 0.2) is 66.7 Å². The molecular formula is C37H57MnN9+2. The molecule has 2 aliphatic heterocycles. The number of aromatic nitrogens is 1. The predicted molar refractivity (Wildman–Crippen MR) is 190 cm³/mol. The molecule has 0 atom stereocenters. The van der Waals surface area contributed by atoms with E-state index in [4.69, 9.17) is 4.98 Å². The third-order valence-electron chi connectivity index (χ3n) is 8.91. The SMILES string of the molecule is [Mn+2].c1cc2cc(c1)CNCCN(CCNCCc1cccc(CCNCCN3CCNCc4cccc(c4)CNCC3)n1)CCNC2. The molecule has 10 heteroatoms. The molecule has 0 saturated heterocycles. The fraction of sp³-hybridized carbons (Fsp3) is 0.541. The van der Waals surface area contributed by atoms with E-state index in [1.807, 2.05) is 0 Å². The van der Waals surface area contributed by atoms with Gasteiger partial charge in [-0.15, -0.1) is 0 Å². The summed E-state index contributed by atoms with van der Waals surface area (Å²) in [5.41, 5.74) is 7.82. The molecule has 6 N–H and O–H groups in total. The number of benzene rings is 2. The first-order chi connectivity index (χ1) is 22.8. The number of hydrogen-bond acceptors (Lipinski definition) is 9. The van der Waals surface area contributed by atoms with Crippen molar-refractivity contribution in [1.29, 1.82) is 0 Å². The van der Waals surface area contributed by atoms with Gasteiger partial charge in [-0.05, 0) is 34.4 Å². The van der Waals surface area contributed by atoms with E-state index in [-0.39, 0.29) is 17.1 Å². The molecule has 1 radical (unpaired) electrons. The summed E-state index contributed by atoms with van der Waals surface area (Å²) in [5.74, 6) is 0. The Morgan fingerprint density at radius 1 is 0.511 bits per heavy atom. The van der Waals surface area contributed by atoms with E-state index in [0.717, 1.165) is 131 Å². The van der Waals surface area contributed by atoms with Crippen LogP contribution in [0.25, 0.3) is 0 Å². The van der Waals surface area contributed by atoms with Crippen molar-refractivity contribution in [3.8, 4) is 0 Å². The summed E-state index contributed by atoms with van der Waals surface area (Å²) >= 11 is 0. The van der Waals surface area contributed by atoms with Crippen LogP contribution in [-0.4, -0.2) is 106 Å². The van der Waals surface area contributed by atoms with Gasteiger partial charge in [0, 0.05) is 142 Å². The average Bonchev–Trinajstić information content (AvgIpc) is 3.07. The van der Waals surface area contributed by atoms with Crippen LogP contribution in [0.2, 0.25) is 0 Å². The molecule has 255 valence electrons. The molecule has 3 aromatic rings. The standard InChI is InChI=1S/C37H57N9.Mn/c1-4-32-26-33(5-1)29-41-17-23-45(22-16-40-28-32)20-14-38-12-10-36-8-3-9-37(44-36)11-13-39-15-21-46-24-18-42-30-34-6-2-7-35(27-34)31-43-19-25-46;/h1-9,26-27,38-43H,10-25,28-31H2;/q;+2. The summed E-state index contributed by atoms with van der Waals surface area (Å²) < 4.78 is 0. The van der Waals surface area contributed by atoms with Gasteiger partial charge >= 0.3 is 17.1 Å². The first-order valence-corrected chi connectivity index (χ1v) is 17.6. The Bertz CT molecular complexity index is 1130. The quantitative estimate of drug-likeness (QED) is 0.126. The molecule has 1 aromatic heterocycles. The Morgan fingerprint density at radius 2 is 0.872 bits per heavy atom. The zero-order valence-electron chi connectivity index (χ0n) is 28.2. The molecule has 2 aromatic carbocycles. The maximum Gasteiger partial charge on any atom is 2.00 e. The maximum absolute atomic E-state index is 4.95. The van der Waals surface area contributed by atoms with Crippen molar-refractivity contribution in [3.63, 3.8) is 0 Å². The smallest absolute Gasteiger partial charge is 0.315 e. The summed E-state index contributed by atoms with van der Waals surface area (Å²) in [7, 11) is 0. The Balaban J connectivity index is 0.00000500. The third-order valence-corrected chi connectivity index (χ3v) is 8.91. The van der Waals surface area contributed by atoms with Gasteiger partial charge in [-0.25, -0.2) is 0 Å². The second-order valence-corrected chi connectivity index (χ2v) is 12.7. The monoisotopic (exact) mass is 682 g/mol. The van der Waals surface area contributed by atoms with E-state index in [9.17, 15) is 0 Å². The Hall–Kier alpha value is -2.21. The Kier molecular flexibility index (Phi) is 17.9. The normalized spacial score (nSPS) is 17.4. The van der Waals surface area contributed by atoms with Gasteiger partial charge in [-0.1, -0.05) is 54.6 Å². The molecule has 5 rings (SSSR count). The van der Waals surface area contributed by atoms with E-state index in [1.54, 1.807) is 0 Å². The van der Waals surface area contributed by atoms with Crippen molar-refractivity contribution >= 4 is 0 Å². The summed E-state index contributed by atoms with van der Waals surface area (Å²) in [6.07, 6.45) is 1.92. The van der Waals surface area contributed by atoms with Crippen LogP contribution in [0, 0.1) is 0 Å². The fourth-order valence-electron chi connectivity index (χ4n) is 6.21. The molecule has 2 aliphatic rings. The number of hydrogen-bond donors (Lipinski definition) is 6. The molecule has 0 saturated carbocycles. The largest absolute Gasteiger partial charge is 2.00 e. The van der Waals surface area contributed by atoms with E-state index in [2.05, 4.69) is 108 Å². The van der Waals surface area contributed by atoms with Crippen LogP contribution < -0.4 is 31.9 Å². The fourth-order valence-corrected chi connectivity index (χ4v) is 6.21. The van der Waals surface area contributed by atoms with Crippen LogP contribution in [0.1, 0.15) is 33.6 Å². The van der Waals surface area contributed by atoms with Crippen LogP contribution in [0.5, 0.6) is 0 Å². The number of pyridine rings is 1. The van der Waals surface area contributed by atoms with Crippen molar-refractivity contribution in [2.75, 3.05) is 91.6 Å². The molecule has 3 heterocycles. The Labute approximate surface area is 293 Å². The maximum atomic E-state index is 4.95. The van der Waals surface area contributed by atoms with Crippen molar-refractivity contribution in [1.82, 2.24) is 46.7 Å². The van der Waals surface area contributed by atoms with Gasteiger partial charge in [-0.2, -0.15) is 0 Å². The van der Waals surface area contributed by atoms with E-state index < -0.39 is 0 Å². The van der Waals surface area contributed by atoms with E-state index >= 15 is 0 Å². The number of nitrogens with zero attached hydrogens (tertiary/aromatic N) is 3. The second kappa shape index (κ2) is 22.4. The number of nitrogens with one attached hydrogen (secondary N) is 6. The van der Waals surface area contributed by atoms with Crippen LogP contribution in [-0.2, 0) is 56.1 Å². The van der Waals surface area contributed by atoms with Gasteiger partial charge < -0.3 is 31.9 Å². The zero-order valence-corrected chi connectivity index (χ0v) is 29.4. The summed E-state index contributed by atoms with van der Waals surface area (Å²) in [4.78, 5) is 10.1. The van der Waals surface area contributed by atoms with Crippen LogP contribution >= 0.6 is 0 Å². The molecule has 4 bridgehead atoms. The van der Waals surface area contributed by atoms with Crippen LogP contribution in [0.4, 0.5) is 0 Å². The summed E-state index contributed by atoms with van der Waals surface area (Å²) in [5, 5.41) is 21.8. The number of rotatable bonds is 12. The minimum Gasteiger partial charge on any atom is -0.315 e. The average molecular weight is 683 g/mol. The molecular weight excluding hydrogens is 625 g/mol. The number of fused-ring (bicyclic) bond motifs is 4. The Morgan fingerprint density at radius 3 is 1.26 bits per heavy atom. The minimum absolute atomic E-state index is 0. The van der Waals surface area contributed by atoms with Crippen LogP contribution in [0.3, 0.4) is 0 Å². The molecule has 0 fully saturated rings. The molecule has 0 aliphatic carbocycles.